The summed E-state index contributed by atoms with van der Waals surface area (Å²) in [5.74, 6) is -0.173. The molecule has 0 amide bonds. The van der Waals surface area contributed by atoms with E-state index in [1.807, 2.05) is 5.38 Å². The normalized spacial score (nSPS) is 14.9. The first-order valence-electron chi connectivity index (χ1n) is 5.06. The standard InChI is InChI=1S/C10H14N2O2S/c1-14-9(13)4-3-8-7-15-10(11-8)12-5-2-6-12/h7H,2-6H2,1H3. The topological polar surface area (TPSA) is 42.4 Å². The van der Waals surface area contributed by atoms with Gasteiger partial charge in [0.25, 0.3) is 0 Å². The molecule has 0 radical (unpaired) electrons. The zero-order valence-electron chi connectivity index (χ0n) is 8.73. The first-order valence-corrected chi connectivity index (χ1v) is 5.94. The van der Waals surface area contributed by atoms with Crippen LogP contribution in [-0.4, -0.2) is 31.2 Å². The Hall–Kier alpha value is -1.10. The van der Waals surface area contributed by atoms with Gasteiger partial charge in [-0.3, -0.25) is 4.79 Å². The summed E-state index contributed by atoms with van der Waals surface area (Å²) in [5, 5.41) is 3.11. The third-order valence-electron chi connectivity index (χ3n) is 2.48. The number of carbonyl (C=O) groups is 1. The minimum absolute atomic E-state index is 0.173. The molecule has 2 heterocycles. The summed E-state index contributed by atoms with van der Waals surface area (Å²) in [6.07, 6.45) is 2.35. The van der Waals surface area contributed by atoms with Crippen LogP contribution in [0.1, 0.15) is 18.5 Å². The summed E-state index contributed by atoms with van der Waals surface area (Å²) in [7, 11) is 1.41. The molecule has 1 fully saturated rings. The molecule has 1 saturated heterocycles. The van der Waals surface area contributed by atoms with Crippen molar-refractivity contribution >= 4 is 22.4 Å². The molecule has 5 heteroatoms. The Bertz CT molecular complexity index is 347. The molecule has 1 aromatic heterocycles. The highest BCUT2D eigenvalue weighted by Gasteiger charge is 2.17. The van der Waals surface area contributed by atoms with Gasteiger partial charge in [0.05, 0.1) is 19.2 Å². The summed E-state index contributed by atoms with van der Waals surface area (Å²) in [6.45, 7) is 2.23. The summed E-state index contributed by atoms with van der Waals surface area (Å²) < 4.78 is 4.58. The highest BCUT2D eigenvalue weighted by Crippen LogP contribution is 2.25. The number of thiazole rings is 1. The average molecular weight is 226 g/mol. The molecule has 82 valence electrons. The van der Waals surface area contributed by atoms with E-state index in [4.69, 9.17) is 0 Å². The lowest BCUT2D eigenvalue weighted by atomic mass is 10.2. The lowest BCUT2D eigenvalue weighted by molar-refractivity contribution is -0.140. The van der Waals surface area contributed by atoms with E-state index in [-0.39, 0.29) is 5.97 Å². The number of nitrogens with zero attached hydrogens (tertiary/aromatic N) is 2. The molecular weight excluding hydrogens is 212 g/mol. The third-order valence-corrected chi connectivity index (χ3v) is 3.43. The van der Waals surface area contributed by atoms with Crippen molar-refractivity contribution in [3.05, 3.63) is 11.1 Å². The summed E-state index contributed by atoms with van der Waals surface area (Å²) in [5.41, 5.74) is 0.993. The van der Waals surface area contributed by atoms with Crippen molar-refractivity contribution in [3.8, 4) is 0 Å². The predicted octanol–water partition coefficient (Wildman–Crippen LogP) is 1.46. The molecule has 1 aliphatic rings. The number of rotatable bonds is 4. The van der Waals surface area contributed by atoms with E-state index in [0.717, 1.165) is 23.9 Å². The van der Waals surface area contributed by atoms with Crippen LogP contribution in [0, 0.1) is 0 Å². The number of aromatic nitrogens is 1. The second kappa shape index (κ2) is 4.61. The fourth-order valence-corrected chi connectivity index (χ4v) is 2.31. The van der Waals surface area contributed by atoms with Crippen molar-refractivity contribution < 1.29 is 9.53 Å². The zero-order chi connectivity index (χ0) is 10.7. The van der Waals surface area contributed by atoms with E-state index in [1.165, 1.54) is 13.5 Å². The number of aryl methyl sites for hydroxylation is 1. The van der Waals surface area contributed by atoms with E-state index >= 15 is 0 Å². The predicted molar refractivity (Wildman–Crippen MR) is 59.3 cm³/mol. The Balaban J connectivity index is 1.86. The van der Waals surface area contributed by atoms with Crippen molar-refractivity contribution in [1.82, 2.24) is 4.98 Å². The number of hydrogen-bond acceptors (Lipinski definition) is 5. The van der Waals surface area contributed by atoms with E-state index in [9.17, 15) is 4.79 Å². The van der Waals surface area contributed by atoms with Crippen molar-refractivity contribution in [3.63, 3.8) is 0 Å². The molecule has 0 saturated carbocycles. The molecule has 2 rings (SSSR count). The Labute approximate surface area is 92.9 Å². The van der Waals surface area contributed by atoms with Crippen LogP contribution >= 0.6 is 11.3 Å². The molecule has 4 nitrogen and oxygen atoms in total. The monoisotopic (exact) mass is 226 g/mol. The first-order chi connectivity index (χ1) is 7.29. The second-order valence-electron chi connectivity index (χ2n) is 3.54. The quantitative estimate of drug-likeness (QED) is 0.729. The van der Waals surface area contributed by atoms with Gasteiger partial charge in [-0.25, -0.2) is 4.98 Å². The Morgan fingerprint density at radius 3 is 3.07 bits per heavy atom. The molecule has 0 spiro atoms. The number of carbonyl (C=O) groups excluding carboxylic acids is 1. The zero-order valence-corrected chi connectivity index (χ0v) is 9.55. The fourth-order valence-electron chi connectivity index (χ4n) is 1.40. The van der Waals surface area contributed by atoms with Crippen LogP contribution in [-0.2, 0) is 16.0 Å². The maximum absolute atomic E-state index is 10.9. The summed E-state index contributed by atoms with van der Waals surface area (Å²) in [6, 6.07) is 0. The van der Waals surface area contributed by atoms with Gasteiger partial charge >= 0.3 is 5.97 Å². The van der Waals surface area contributed by atoms with Gasteiger partial charge in [-0.2, -0.15) is 0 Å². The lowest BCUT2D eigenvalue weighted by Gasteiger charge is -2.30. The fraction of sp³-hybridized carbons (Fsp3) is 0.600. The van der Waals surface area contributed by atoms with Gasteiger partial charge in [0.2, 0.25) is 0 Å². The third kappa shape index (κ3) is 2.47. The van der Waals surface area contributed by atoms with Crippen LogP contribution in [0.5, 0.6) is 0 Å². The molecule has 1 aromatic rings. The Morgan fingerprint density at radius 1 is 1.67 bits per heavy atom. The number of hydrogen-bond donors (Lipinski definition) is 0. The molecule has 0 bridgehead atoms. The molecule has 0 N–H and O–H groups in total. The summed E-state index contributed by atoms with van der Waals surface area (Å²) >= 11 is 1.66. The number of esters is 1. The number of methoxy groups -OCH3 is 1. The minimum atomic E-state index is -0.173. The van der Waals surface area contributed by atoms with Crippen LogP contribution in [0.3, 0.4) is 0 Å². The van der Waals surface area contributed by atoms with E-state index in [1.54, 1.807) is 11.3 Å². The number of ether oxygens (including phenoxy) is 1. The van der Waals surface area contributed by atoms with Gasteiger partial charge in [0.15, 0.2) is 5.13 Å². The molecule has 0 aliphatic carbocycles. The second-order valence-corrected chi connectivity index (χ2v) is 4.37. The smallest absolute Gasteiger partial charge is 0.305 e. The SMILES string of the molecule is COC(=O)CCc1csc(N2CCC2)n1. The van der Waals surface area contributed by atoms with Crippen molar-refractivity contribution in [2.24, 2.45) is 0 Å². The van der Waals surface area contributed by atoms with Gasteiger partial charge < -0.3 is 9.64 Å². The van der Waals surface area contributed by atoms with Crippen molar-refractivity contribution in [2.75, 3.05) is 25.1 Å². The average Bonchev–Trinajstić information content (AvgIpc) is 2.60. The highest BCUT2D eigenvalue weighted by molar-refractivity contribution is 7.13. The first kappa shape index (κ1) is 10.4. The van der Waals surface area contributed by atoms with Crippen LogP contribution in [0.25, 0.3) is 0 Å². The van der Waals surface area contributed by atoms with Gasteiger partial charge in [0, 0.05) is 24.9 Å². The molecule has 0 aromatic carbocycles. The van der Waals surface area contributed by atoms with Gasteiger partial charge in [-0.1, -0.05) is 0 Å². The molecular formula is C10H14N2O2S. The lowest BCUT2D eigenvalue weighted by Crippen LogP contribution is -2.36. The largest absolute Gasteiger partial charge is 0.469 e. The van der Waals surface area contributed by atoms with Gasteiger partial charge in [-0.05, 0) is 6.42 Å². The molecule has 0 atom stereocenters. The van der Waals surface area contributed by atoms with Crippen LogP contribution in [0.15, 0.2) is 5.38 Å². The molecule has 15 heavy (non-hydrogen) atoms. The highest BCUT2D eigenvalue weighted by atomic mass is 32.1. The summed E-state index contributed by atoms with van der Waals surface area (Å²) in [4.78, 5) is 17.7. The van der Waals surface area contributed by atoms with E-state index in [2.05, 4.69) is 14.6 Å². The van der Waals surface area contributed by atoms with E-state index in [0.29, 0.717) is 12.8 Å². The van der Waals surface area contributed by atoms with Crippen molar-refractivity contribution in [2.45, 2.75) is 19.3 Å². The molecule has 0 unspecified atom stereocenters. The Kier molecular flexibility index (Phi) is 3.20. The van der Waals surface area contributed by atoms with Crippen LogP contribution < -0.4 is 4.90 Å². The Morgan fingerprint density at radius 2 is 2.47 bits per heavy atom. The van der Waals surface area contributed by atoms with Crippen LogP contribution in [0.4, 0.5) is 5.13 Å². The van der Waals surface area contributed by atoms with Gasteiger partial charge in [0.1, 0.15) is 0 Å². The van der Waals surface area contributed by atoms with E-state index < -0.39 is 0 Å². The number of anilines is 1. The maximum atomic E-state index is 10.9. The maximum Gasteiger partial charge on any atom is 0.305 e. The van der Waals surface area contributed by atoms with Crippen molar-refractivity contribution in [1.29, 1.82) is 0 Å². The van der Waals surface area contributed by atoms with Gasteiger partial charge in [-0.15, -0.1) is 11.3 Å². The minimum Gasteiger partial charge on any atom is -0.469 e. The van der Waals surface area contributed by atoms with Crippen LogP contribution in [0.2, 0.25) is 0 Å². The molecule has 1 aliphatic heterocycles.